The predicted molar refractivity (Wildman–Crippen MR) is 78.1 cm³/mol. The number of nitrogens with zero attached hydrogens (tertiary/aromatic N) is 3. The molecule has 5 heteroatoms. The number of hydrogen-bond acceptors (Lipinski definition) is 3. The molecule has 0 atom stereocenters. The largest absolute Gasteiger partial charge is 0.378 e. The van der Waals surface area contributed by atoms with Gasteiger partial charge in [-0.2, -0.15) is 9.78 Å². The topological polar surface area (TPSA) is 47.4 Å². The quantitative estimate of drug-likeness (QED) is 0.796. The fourth-order valence-electron chi connectivity index (χ4n) is 2.66. The zero-order chi connectivity index (χ0) is 14.5. The van der Waals surface area contributed by atoms with Gasteiger partial charge < -0.3 is 9.64 Å². The predicted octanol–water partition coefficient (Wildman–Crippen LogP) is 2.53. The van der Waals surface area contributed by atoms with E-state index < -0.39 is 0 Å². The Hall–Kier alpha value is -1.36. The van der Waals surface area contributed by atoms with Crippen LogP contribution in [0, 0.1) is 13.8 Å². The van der Waals surface area contributed by atoms with Gasteiger partial charge in [-0.1, -0.05) is 19.8 Å². The summed E-state index contributed by atoms with van der Waals surface area (Å²) in [6.45, 7) is 8.75. The normalized spacial score (nSPS) is 15.7. The smallest absolute Gasteiger partial charge is 0.345 e. The molecule has 1 amide bonds. The maximum atomic E-state index is 12.5. The fraction of sp³-hybridized carbons (Fsp3) is 0.733. The molecule has 0 spiro atoms. The molecular weight excluding hydrogens is 254 g/mol. The number of amides is 1. The van der Waals surface area contributed by atoms with Crippen molar-refractivity contribution in [2.24, 2.45) is 0 Å². The molecule has 1 aliphatic rings. The third-order valence-electron chi connectivity index (χ3n) is 3.93. The highest BCUT2D eigenvalue weighted by Crippen LogP contribution is 2.17. The molecule has 0 N–H and O–H groups in total. The molecule has 1 saturated heterocycles. The van der Waals surface area contributed by atoms with Crippen LogP contribution >= 0.6 is 0 Å². The summed E-state index contributed by atoms with van der Waals surface area (Å²) < 4.78 is 6.86. The summed E-state index contributed by atoms with van der Waals surface area (Å²) in [5.41, 5.74) is 3.22. The van der Waals surface area contributed by atoms with Crippen LogP contribution in [0.1, 0.15) is 43.1 Å². The highest BCUT2D eigenvalue weighted by molar-refractivity contribution is 5.77. The minimum absolute atomic E-state index is 0.0179. The number of hydrogen-bond donors (Lipinski definition) is 0. The molecule has 2 heterocycles. The van der Waals surface area contributed by atoms with Crippen LogP contribution in [0.15, 0.2) is 0 Å². The lowest BCUT2D eigenvalue weighted by atomic mass is 10.1. The van der Waals surface area contributed by atoms with Crippen molar-refractivity contribution >= 4 is 6.03 Å². The van der Waals surface area contributed by atoms with E-state index in [1.807, 2.05) is 18.7 Å². The van der Waals surface area contributed by atoms with Crippen LogP contribution in [0.5, 0.6) is 0 Å². The summed E-state index contributed by atoms with van der Waals surface area (Å²) in [6, 6.07) is -0.0179. The van der Waals surface area contributed by atoms with Gasteiger partial charge >= 0.3 is 6.03 Å². The molecule has 0 radical (unpaired) electrons. The number of aromatic nitrogens is 2. The van der Waals surface area contributed by atoms with E-state index in [0.29, 0.717) is 26.3 Å². The Labute approximate surface area is 120 Å². The number of carbonyl (C=O) groups excluding carboxylic acids is 1. The van der Waals surface area contributed by atoms with Gasteiger partial charge in [0.15, 0.2) is 0 Å². The molecule has 1 aromatic heterocycles. The Balaban J connectivity index is 2.11. The minimum Gasteiger partial charge on any atom is -0.378 e. The van der Waals surface area contributed by atoms with Crippen molar-refractivity contribution in [2.75, 3.05) is 26.3 Å². The van der Waals surface area contributed by atoms with E-state index in [4.69, 9.17) is 4.74 Å². The molecule has 1 aliphatic heterocycles. The SMILES string of the molecule is CCCCCc1c(C)nn(C(=O)N2CCOCC2)c1C. The van der Waals surface area contributed by atoms with Crippen molar-refractivity contribution in [1.29, 1.82) is 0 Å². The molecule has 2 rings (SSSR count). The number of unbranched alkanes of at least 4 members (excludes halogenated alkanes) is 2. The first-order valence-electron chi connectivity index (χ1n) is 7.57. The van der Waals surface area contributed by atoms with Crippen LogP contribution in [0.3, 0.4) is 0 Å². The zero-order valence-corrected chi connectivity index (χ0v) is 12.8. The Morgan fingerprint density at radius 2 is 1.95 bits per heavy atom. The molecule has 0 aliphatic carbocycles. The number of ether oxygens (including phenoxy) is 1. The van der Waals surface area contributed by atoms with E-state index in [9.17, 15) is 4.79 Å². The highest BCUT2D eigenvalue weighted by atomic mass is 16.5. The molecular formula is C15H25N3O2. The van der Waals surface area contributed by atoms with E-state index in [1.54, 1.807) is 4.68 Å². The lowest BCUT2D eigenvalue weighted by molar-refractivity contribution is 0.0527. The average molecular weight is 279 g/mol. The third kappa shape index (κ3) is 3.20. The standard InChI is InChI=1S/C15H25N3O2/c1-4-5-6-7-14-12(2)16-18(13(14)3)15(19)17-8-10-20-11-9-17/h4-11H2,1-3H3. The molecule has 1 aromatic rings. The van der Waals surface area contributed by atoms with Crippen LogP contribution in [0.25, 0.3) is 0 Å². The molecule has 0 unspecified atom stereocenters. The van der Waals surface area contributed by atoms with Gasteiger partial charge in [0, 0.05) is 18.8 Å². The van der Waals surface area contributed by atoms with Crippen molar-refractivity contribution in [3.05, 3.63) is 17.0 Å². The van der Waals surface area contributed by atoms with Gasteiger partial charge in [0.2, 0.25) is 0 Å². The summed E-state index contributed by atoms with van der Waals surface area (Å²) >= 11 is 0. The van der Waals surface area contributed by atoms with E-state index in [2.05, 4.69) is 12.0 Å². The number of morpholine rings is 1. The van der Waals surface area contributed by atoms with Gasteiger partial charge in [-0.25, -0.2) is 4.79 Å². The van der Waals surface area contributed by atoms with Crippen molar-refractivity contribution < 1.29 is 9.53 Å². The maximum absolute atomic E-state index is 12.5. The second-order valence-electron chi connectivity index (χ2n) is 5.40. The fourth-order valence-corrected chi connectivity index (χ4v) is 2.66. The van der Waals surface area contributed by atoms with Gasteiger partial charge in [-0.3, -0.25) is 0 Å². The van der Waals surface area contributed by atoms with Gasteiger partial charge in [0.1, 0.15) is 0 Å². The first-order valence-corrected chi connectivity index (χ1v) is 7.57. The Morgan fingerprint density at radius 3 is 2.60 bits per heavy atom. The molecule has 112 valence electrons. The molecule has 20 heavy (non-hydrogen) atoms. The van der Waals surface area contributed by atoms with Gasteiger partial charge in [-0.05, 0) is 32.3 Å². The Bertz CT molecular complexity index is 462. The first kappa shape index (κ1) is 15.0. The highest BCUT2D eigenvalue weighted by Gasteiger charge is 2.22. The third-order valence-corrected chi connectivity index (χ3v) is 3.93. The maximum Gasteiger partial charge on any atom is 0.345 e. The molecule has 1 fully saturated rings. The summed E-state index contributed by atoms with van der Waals surface area (Å²) in [6.07, 6.45) is 4.61. The molecule has 0 aromatic carbocycles. The Morgan fingerprint density at radius 1 is 1.25 bits per heavy atom. The lowest BCUT2D eigenvalue weighted by Crippen LogP contribution is -2.43. The van der Waals surface area contributed by atoms with Crippen LogP contribution < -0.4 is 0 Å². The van der Waals surface area contributed by atoms with Crippen LogP contribution in [0.2, 0.25) is 0 Å². The van der Waals surface area contributed by atoms with Crippen LogP contribution in [-0.2, 0) is 11.2 Å². The second kappa shape index (κ2) is 6.88. The summed E-state index contributed by atoms with van der Waals surface area (Å²) in [5, 5.41) is 4.45. The van der Waals surface area contributed by atoms with Crippen molar-refractivity contribution in [1.82, 2.24) is 14.7 Å². The van der Waals surface area contributed by atoms with Gasteiger partial charge in [-0.15, -0.1) is 0 Å². The van der Waals surface area contributed by atoms with Crippen LogP contribution in [0.4, 0.5) is 4.79 Å². The van der Waals surface area contributed by atoms with E-state index in [-0.39, 0.29) is 6.03 Å². The number of carbonyl (C=O) groups is 1. The van der Waals surface area contributed by atoms with E-state index in [1.165, 1.54) is 18.4 Å². The monoisotopic (exact) mass is 279 g/mol. The summed E-state index contributed by atoms with van der Waals surface area (Å²) in [7, 11) is 0. The van der Waals surface area contributed by atoms with Crippen LogP contribution in [-0.4, -0.2) is 47.0 Å². The summed E-state index contributed by atoms with van der Waals surface area (Å²) in [5.74, 6) is 0. The lowest BCUT2D eigenvalue weighted by Gasteiger charge is -2.26. The number of aryl methyl sites for hydroxylation is 1. The van der Waals surface area contributed by atoms with E-state index >= 15 is 0 Å². The van der Waals surface area contributed by atoms with E-state index in [0.717, 1.165) is 24.2 Å². The minimum atomic E-state index is -0.0179. The van der Waals surface area contributed by atoms with Crippen molar-refractivity contribution in [3.63, 3.8) is 0 Å². The summed E-state index contributed by atoms with van der Waals surface area (Å²) in [4.78, 5) is 14.3. The van der Waals surface area contributed by atoms with Crippen molar-refractivity contribution in [3.8, 4) is 0 Å². The first-order chi connectivity index (χ1) is 9.65. The zero-order valence-electron chi connectivity index (χ0n) is 12.8. The Kier molecular flexibility index (Phi) is 5.17. The molecule has 0 saturated carbocycles. The van der Waals surface area contributed by atoms with Gasteiger partial charge in [0.25, 0.3) is 0 Å². The second-order valence-corrected chi connectivity index (χ2v) is 5.40. The number of rotatable bonds is 4. The van der Waals surface area contributed by atoms with Gasteiger partial charge in [0.05, 0.1) is 18.9 Å². The molecule has 5 nitrogen and oxygen atoms in total. The average Bonchev–Trinajstić information content (AvgIpc) is 2.75. The van der Waals surface area contributed by atoms with Crippen molar-refractivity contribution in [2.45, 2.75) is 46.5 Å². The molecule has 0 bridgehead atoms.